The number of carboxylic acid groups (broad SMARTS) is 1. The average molecular weight is 253 g/mol. The first-order valence-corrected chi connectivity index (χ1v) is 5.90. The van der Waals surface area contributed by atoms with Crippen LogP contribution in [0.3, 0.4) is 0 Å². The first kappa shape index (κ1) is 14.4. The summed E-state index contributed by atoms with van der Waals surface area (Å²) < 4.78 is 0. The lowest BCUT2D eigenvalue weighted by Gasteiger charge is -2.29. The fourth-order valence-corrected chi connectivity index (χ4v) is 2.14. The minimum absolute atomic E-state index is 0.127. The third kappa shape index (κ3) is 3.18. The molecule has 0 heterocycles. The second-order valence-electron chi connectivity index (χ2n) is 5.57. The van der Waals surface area contributed by atoms with Gasteiger partial charge in [0.25, 0.3) is 0 Å². The molecule has 0 unspecified atom stereocenters. The van der Waals surface area contributed by atoms with E-state index in [0.29, 0.717) is 18.5 Å². The molecule has 100 valence electrons. The van der Waals surface area contributed by atoms with Gasteiger partial charge >= 0.3 is 5.97 Å². The number of aliphatic carboxylic acids is 1. The lowest BCUT2D eigenvalue weighted by molar-refractivity contribution is -0.139. The Bertz CT molecular complexity index is 412. The first-order chi connectivity index (χ1) is 8.14. The van der Waals surface area contributed by atoms with Gasteiger partial charge in [0.05, 0.1) is 5.57 Å². The first-order valence-electron chi connectivity index (χ1n) is 5.90. The van der Waals surface area contributed by atoms with E-state index in [2.05, 4.69) is 5.32 Å². The van der Waals surface area contributed by atoms with Gasteiger partial charge in [-0.2, -0.15) is 0 Å². The van der Waals surface area contributed by atoms with Gasteiger partial charge in [-0.1, -0.05) is 13.8 Å². The SMILES string of the molecule is CC(N[C@@H](C)C(=O)O)=C1C(=O)CC(C)(C)CC1=O. The Morgan fingerprint density at radius 1 is 1.28 bits per heavy atom. The predicted molar refractivity (Wildman–Crippen MR) is 66.0 cm³/mol. The zero-order valence-electron chi connectivity index (χ0n) is 11.2. The number of allylic oxidation sites excluding steroid dienone is 2. The Morgan fingerprint density at radius 3 is 2.11 bits per heavy atom. The number of Topliss-reactive ketones (excluding diaryl/α,β-unsaturated/α-hetero) is 2. The number of ketones is 2. The molecule has 5 heteroatoms. The van der Waals surface area contributed by atoms with Gasteiger partial charge in [-0.15, -0.1) is 0 Å². The van der Waals surface area contributed by atoms with Crippen molar-refractivity contribution in [1.29, 1.82) is 0 Å². The molecule has 1 saturated carbocycles. The molecule has 0 aromatic rings. The van der Waals surface area contributed by atoms with E-state index in [1.807, 2.05) is 13.8 Å². The molecule has 1 atom stereocenters. The molecule has 0 bridgehead atoms. The Hall–Kier alpha value is -1.65. The van der Waals surface area contributed by atoms with Crippen molar-refractivity contribution >= 4 is 17.5 Å². The monoisotopic (exact) mass is 253 g/mol. The summed E-state index contributed by atoms with van der Waals surface area (Å²) >= 11 is 0. The van der Waals surface area contributed by atoms with Crippen LogP contribution >= 0.6 is 0 Å². The summed E-state index contributed by atoms with van der Waals surface area (Å²) in [6.07, 6.45) is 0.628. The predicted octanol–water partition coefficient (Wildman–Crippen LogP) is 1.28. The minimum atomic E-state index is -1.02. The van der Waals surface area contributed by atoms with Gasteiger partial charge in [0.1, 0.15) is 6.04 Å². The average Bonchev–Trinajstić information content (AvgIpc) is 2.13. The highest BCUT2D eigenvalue weighted by molar-refractivity contribution is 6.22. The summed E-state index contributed by atoms with van der Waals surface area (Å²) in [5.41, 5.74) is 0.175. The lowest BCUT2D eigenvalue weighted by Crippen LogP contribution is -2.37. The van der Waals surface area contributed by atoms with Crippen molar-refractivity contribution in [2.45, 2.75) is 46.6 Å². The molecule has 1 rings (SSSR count). The van der Waals surface area contributed by atoms with Crippen molar-refractivity contribution in [3.8, 4) is 0 Å². The van der Waals surface area contributed by atoms with E-state index in [0.717, 1.165) is 0 Å². The van der Waals surface area contributed by atoms with Crippen LogP contribution in [0.2, 0.25) is 0 Å². The minimum Gasteiger partial charge on any atom is -0.480 e. The fraction of sp³-hybridized carbons (Fsp3) is 0.615. The van der Waals surface area contributed by atoms with E-state index in [1.54, 1.807) is 6.92 Å². The number of carbonyl (C=O) groups excluding carboxylic acids is 2. The number of rotatable bonds is 3. The highest BCUT2D eigenvalue weighted by atomic mass is 16.4. The number of hydrogen-bond donors (Lipinski definition) is 2. The maximum Gasteiger partial charge on any atom is 0.325 e. The fourth-order valence-electron chi connectivity index (χ4n) is 2.14. The molecule has 0 aromatic heterocycles. The molecule has 0 spiro atoms. The lowest BCUT2D eigenvalue weighted by atomic mass is 9.73. The molecule has 0 amide bonds. The molecule has 0 saturated heterocycles. The molecule has 0 radical (unpaired) electrons. The van der Waals surface area contributed by atoms with Crippen LogP contribution in [-0.2, 0) is 14.4 Å². The summed E-state index contributed by atoms with van der Waals surface area (Å²) in [7, 11) is 0. The van der Waals surface area contributed by atoms with E-state index in [4.69, 9.17) is 5.11 Å². The molecule has 0 aliphatic heterocycles. The molecule has 18 heavy (non-hydrogen) atoms. The van der Waals surface area contributed by atoms with E-state index in [-0.39, 0.29) is 22.6 Å². The van der Waals surface area contributed by atoms with E-state index < -0.39 is 12.0 Å². The Kier molecular flexibility index (Phi) is 3.94. The zero-order chi connectivity index (χ0) is 14.1. The van der Waals surface area contributed by atoms with Gasteiger partial charge < -0.3 is 10.4 Å². The summed E-state index contributed by atoms with van der Waals surface area (Å²) in [6.45, 7) is 6.79. The Morgan fingerprint density at radius 2 is 1.72 bits per heavy atom. The Balaban J connectivity index is 2.97. The van der Waals surface area contributed by atoms with Gasteiger partial charge in [0.2, 0.25) is 0 Å². The normalized spacial score (nSPS) is 20.6. The van der Waals surface area contributed by atoms with E-state index in [9.17, 15) is 14.4 Å². The van der Waals surface area contributed by atoms with Crippen LogP contribution in [0, 0.1) is 5.41 Å². The molecule has 1 aliphatic carbocycles. The van der Waals surface area contributed by atoms with Crippen LogP contribution < -0.4 is 5.32 Å². The molecule has 1 aliphatic rings. The van der Waals surface area contributed by atoms with Crippen molar-refractivity contribution in [2.75, 3.05) is 0 Å². The maximum atomic E-state index is 11.9. The van der Waals surface area contributed by atoms with Crippen molar-refractivity contribution in [2.24, 2.45) is 5.41 Å². The second-order valence-corrected chi connectivity index (χ2v) is 5.57. The third-order valence-electron chi connectivity index (χ3n) is 3.01. The van der Waals surface area contributed by atoms with Crippen LogP contribution in [-0.4, -0.2) is 28.7 Å². The zero-order valence-corrected chi connectivity index (χ0v) is 11.2. The van der Waals surface area contributed by atoms with Gasteiger partial charge in [0, 0.05) is 18.5 Å². The molecular weight excluding hydrogens is 234 g/mol. The summed E-state index contributed by atoms with van der Waals surface area (Å²) in [6, 6.07) is -0.826. The van der Waals surface area contributed by atoms with Crippen molar-refractivity contribution in [1.82, 2.24) is 5.32 Å². The molecule has 5 nitrogen and oxygen atoms in total. The maximum absolute atomic E-state index is 11.9. The summed E-state index contributed by atoms with van der Waals surface area (Å²) in [5, 5.41) is 11.5. The van der Waals surface area contributed by atoms with E-state index >= 15 is 0 Å². The largest absolute Gasteiger partial charge is 0.480 e. The van der Waals surface area contributed by atoms with Crippen molar-refractivity contribution in [3.63, 3.8) is 0 Å². The van der Waals surface area contributed by atoms with Crippen LogP contribution in [0.1, 0.15) is 40.5 Å². The van der Waals surface area contributed by atoms with Gasteiger partial charge in [-0.3, -0.25) is 14.4 Å². The van der Waals surface area contributed by atoms with E-state index in [1.165, 1.54) is 6.92 Å². The highest BCUT2D eigenvalue weighted by Gasteiger charge is 2.36. The number of carboxylic acids is 1. The molecule has 0 aromatic carbocycles. The van der Waals surface area contributed by atoms with Crippen molar-refractivity contribution in [3.05, 3.63) is 11.3 Å². The topological polar surface area (TPSA) is 83.5 Å². The van der Waals surface area contributed by atoms with Crippen LogP contribution in [0.15, 0.2) is 11.3 Å². The molecule has 1 fully saturated rings. The van der Waals surface area contributed by atoms with Gasteiger partial charge in [-0.05, 0) is 19.3 Å². The van der Waals surface area contributed by atoms with Crippen molar-refractivity contribution < 1.29 is 19.5 Å². The smallest absolute Gasteiger partial charge is 0.325 e. The quantitative estimate of drug-likeness (QED) is 0.584. The standard InChI is InChI=1S/C13H19NO4/c1-7(14-8(2)12(17)18)11-9(15)5-13(3,4)6-10(11)16/h8,14H,5-6H2,1-4H3,(H,17,18)/t8-/m0/s1. The highest BCUT2D eigenvalue weighted by Crippen LogP contribution is 2.34. The second kappa shape index (κ2) is 4.92. The number of nitrogens with one attached hydrogen (secondary N) is 1. The summed E-state index contributed by atoms with van der Waals surface area (Å²) in [5.74, 6) is -1.44. The van der Waals surface area contributed by atoms with Crippen LogP contribution in [0.25, 0.3) is 0 Å². The van der Waals surface area contributed by atoms with Gasteiger partial charge in [-0.25, -0.2) is 0 Å². The van der Waals surface area contributed by atoms with Crippen LogP contribution in [0.4, 0.5) is 0 Å². The molecule has 2 N–H and O–H groups in total. The Labute approximate surface area is 106 Å². The van der Waals surface area contributed by atoms with Gasteiger partial charge in [0.15, 0.2) is 11.6 Å². The number of hydrogen-bond acceptors (Lipinski definition) is 4. The third-order valence-corrected chi connectivity index (χ3v) is 3.01. The number of carbonyl (C=O) groups is 3. The summed E-state index contributed by atoms with van der Waals surface area (Å²) in [4.78, 5) is 34.6. The van der Waals surface area contributed by atoms with Crippen LogP contribution in [0.5, 0.6) is 0 Å². The molecular formula is C13H19NO4.